The first-order valence-corrected chi connectivity index (χ1v) is 11.2. The van der Waals surface area contributed by atoms with Gasteiger partial charge in [0, 0.05) is 31.2 Å². The first kappa shape index (κ1) is 22.3. The van der Waals surface area contributed by atoms with Gasteiger partial charge in [0.2, 0.25) is 5.91 Å². The van der Waals surface area contributed by atoms with Crippen molar-refractivity contribution in [1.82, 2.24) is 9.80 Å². The van der Waals surface area contributed by atoms with E-state index in [9.17, 15) is 14.4 Å². The fraction of sp³-hybridized carbons (Fsp3) is 0.375. The van der Waals surface area contributed by atoms with Gasteiger partial charge in [-0.15, -0.1) is 0 Å². The highest BCUT2D eigenvalue weighted by molar-refractivity contribution is 6.31. The topological polar surface area (TPSA) is 73.0 Å². The zero-order valence-electron chi connectivity index (χ0n) is 18.5. The van der Waals surface area contributed by atoms with Crippen LogP contribution in [-0.4, -0.2) is 66.3 Å². The number of nitrogens with zero attached hydrogens (tertiary/aromatic N) is 3. The minimum absolute atomic E-state index is 0.331. The highest BCUT2D eigenvalue weighted by Crippen LogP contribution is 2.31. The highest BCUT2D eigenvalue weighted by Gasteiger charge is 2.41. The van der Waals surface area contributed by atoms with Crippen LogP contribution in [0.5, 0.6) is 0 Å². The molecule has 1 fully saturated rings. The van der Waals surface area contributed by atoms with Crippen molar-refractivity contribution < 1.29 is 14.4 Å². The van der Waals surface area contributed by atoms with Crippen molar-refractivity contribution in [2.24, 2.45) is 0 Å². The number of rotatable bonds is 5. The monoisotopic (exact) mass is 454 g/mol. The standard InChI is InChI=1S/C24H27ClN4O3/c1-4-27-9-11-28(12-10-27)21-8-6-17(25)14-20(21)26-22(30)16(3)29-23(31)18-7-5-15(2)13-19(18)24(29)32/h5-8,13-14,16H,4,9-12H2,1-3H3,(H,26,30). The SMILES string of the molecule is CCN1CCN(c2ccc(Cl)cc2NC(=O)C(C)N2C(=O)c3ccc(C)cc3C2=O)CC1. The second kappa shape index (κ2) is 8.92. The Morgan fingerprint density at radius 3 is 2.41 bits per heavy atom. The number of imide groups is 1. The Labute approximate surface area is 192 Å². The number of piperazine rings is 1. The molecule has 1 saturated heterocycles. The van der Waals surface area contributed by atoms with E-state index < -0.39 is 23.8 Å². The Morgan fingerprint density at radius 1 is 1.03 bits per heavy atom. The number of nitrogens with one attached hydrogen (secondary N) is 1. The van der Waals surface area contributed by atoms with Gasteiger partial charge in [-0.3, -0.25) is 19.3 Å². The molecule has 1 N–H and O–H groups in total. The Kier molecular flexibility index (Phi) is 6.22. The molecule has 3 amide bonds. The van der Waals surface area contributed by atoms with Gasteiger partial charge < -0.3 is 15.1 Å². The lowest BCUT2D eigenvalue weighted by Crippen LogP contribution is -2.47. The Balaban J connectivity index is 1.54. The molecule has 2 aromatic carbocycles. The van der Waals surface area contributed by atoms with Gasteiger partial charge >= 0.3 is 0 Å². The van der Waals surface area contributed by atoms with Crippen molar-refractivity contribution >= 4 is 40.7 Å². The van der Waals surface area contributed by atoms with Gasteiger partial charge in [-0.2, -0.15) is 0 Å². The maximum absolute atomic E-state index is 13.1. The Bertz CT molecular complexity index is 1080. The molecular formula is C24H27ClN4O3. The minimum atomic E-state index is -0.966. The number of carbonyl (C=O) groups is 3. The van der Waals surface area contributed by atoms with E-state index in [-0.39, 0.29) is 0 Å². The molecule has 7 nitrogen and oxygen atoms in total. The zero-order chi connectivity index (χ0) is 23.0. The molecule has 1 unspecified atom stereocenters. The second-order valence-corrected chi connectivity index (χ2v) is 8.71. The summed E-state index contributed by atoms with van der Waals surface area (Å²) in [6.07, 6.45) is 0. The van der Waals surface area contributed by atoms with E-state index in [1.807, 2.05) is 13.0 Å². The van der Waals surface area contributed by atoms with Gasteiger partial charge in [-0.05, 0) is 50.7 Å². The molecule has 2 aromatic rings. The van der Waals surface area contributed by atoms with Crippen LogP contribution in [0, 0.1) is 6.92 Å². The van der Waals surface area contributed by atoms with E-state index >= 15 is 0 Å². The van der Waals surface area contributed by atoms with E-state index in [0.717, 1.165) is 48.9 Å². The van der Waals surface area contributed by atoms with Crippen LogP contribution in [0.4, 0.5) is 11.4 Å². The molecule has 0 aliphatic carbocycles. The van der Waals surface area contributed by atoms with Crippen LogP contribution in [0.3, 0.4) is 0 Å². The van der Waals surface area contributed by atoms with Crippen molar-refractivity contribution in [2.75, 3.05) is 42.9 Å². The number of aryl methyl sites for hydroxylation is 1. The fourth-order valence-corrected chi connectivity index (χ4v) is 4.44. The van der Waals surface area contributed by atoms with E-state index in [4.69, 9.17) is 11.6 Å². The molecule has 0 spiro atoms. The molecule has 2 aliphatic rings. The van der Waals surface area contributed by atoms with E-state index in [0.29, 0.717) is 21.8 Å². The van der Waals surface area contributed by atoms with Crippen LogP contribution in [-0.2, 0) is 4.79 Å². The molecule has 4 rings (SSSR count). The summed E-state index contributed by atoms with van der Waals surface area (Å²) in [6, 6.07) is 9.55. The number of halogens is 1. The summed E-state index contributed by atoms with van der Waals surface area (Å²) >= 11 is 6.22. The molecule has 8 heteroatoms. The van der Waals surface area contributed by atoms with Crippen molar-refractivity contribution in [2.45, 2.75) is 26.8 Å². The number of amides is 3. The van der Waals surface area contributed by atoms with Crippen LogP contribution in [0.25, 0.3) is 0 Å². The van der Waals surface area contributed by atoms with Crippen molar-refractivity contribution in [3.63, 3.8) is 0 Å². The molecule has 1 atom stereocenters. The van der Waals surface area contributed by atoms with Crippen molar-refractivity contribution in [1.29, 1.82) is 0 Å². The summed E-state index contributed by atoms with van der Waals surface area (Å²) in [5, 5.41) is 3.41. The van der Waals surface area contributed by atoms with E-state index in [1.165, 1.54) is 0 Å². The maximum Gasteiger partial charge on any atom is 0.262 e. The predicted octanol–water partition coefficient (Wildman–Crippen LogP) is 3.41. The predicted molar refractivity (Wildman–Crippen MR) is 126 cm³/mol. The third kappa shape index (κ3) is 4.10. The van der Waals surface area contributed by atoms with Crippen LogP contribution in [0.15, 0.2) is 36.4 Å². The van der Waals surface area contributed by atoms with Gasteiger partial charge in [-0.25, -0.2) is 0 Å². The molecule has 0 radical (unpaired) electrons. The van der Waals surface area contributed by atoms with Crippen LogP contribution in [0.2, 0.25) is 5.02 Å². The maximum atomic E-state index is 13.1. The molecule has 2 aliphatic heterocycles. The lowest BCUT2D eigenvalue weighted by molar-refractivity contribution is -0.119. The Hall–Kier alpha value is -2.90. The normalized spacial score (nSPS) is 17.5. The number of fused-ring (bicyclic) bond motifs is 1. The van der Waals surface area contributed by atoms with Crippen LogP contribution >= 0.6 is 11.6 Å². The summed E-state index contributed by atoms with van der Waals surface area (Å²) in [5.74, 6) is -1.33. The quantitative estimate of drug-likeness (QED) is 0.701. The fourth-order valence-electron chi connectivity index (χ4n) is 4.27. The van der Waals surface area contributed by atoms with Gasteiger partial charge in [-0.1, -0.05) is 30.2 Å². The smallest absolute Gasteiger partial charge is 0.262 e. The van der Waals surface area contributed by atoms with E-state index in [1.54, 1.807) is 37.3 Å². The zero-order valence-corrected chi connectivity index (χ0v) is 19.3. The lowest BCUT2D eigenvalue weighted by atomic mass is 10.1. The molecule has 2 heterocycles. The molecular weight excluding hydrogens is 428 g/mol. The van der Waals surface area contributed by atoms with Crippen LogP contribution in [0.1, 0.15) is 40.1 Å². The number of benzene rings is 2. The third-order valence-corrected chi connectivity index (χ3v) is 6.45. The minimum Gasteiger partial charge on any atom is -0.367 e. The molecule has 0 aromatic heterocycles. The van der Waals surface area contributed by atoms with Gasteiger partial charge in [0.15, 0.2) is 0 Å². The average Bonchev–Trinajstić information content (AvgIpc) is 3.02. The highest BCUT2D eigenvalue weighted by atomic mass is 35.5. The lowest BCUT2D eigenvalue weighted by Gasteiger charge is -2.36. The number of hydrogen-bond donors (Lipinski definition) is 1. The van der Waals surface area contributed by atoms with E-state index in [2.05, 4.69) is 22.0 Å². The summed E-state index contributed by atoms with van der Waals surface area (Å²) in [7, 11) is 0. The van der Waals surface area contributed by atoms with Crippen LogP contribution < -0.4 is 10.2 Å². The average molecular weight is 455 g/mol. The number of anilines is 2. The molecule has 168 valence electrons. The second-order valence-electron chi connectivity index (χ2n) is 8.28. The summed E-state index contributed by atoms with van der Waals surface area (Å²) in [6.45, 7) is 10.1. The summed E-state index contributed by atoms with van der Waals surface area (Å²) in [5.41, 5.74) is 3.01. The molecule has 32 heavy (non-hydrogen) atoms. The first-order chi connectivity index (χ1) is 15.3. The molecule has 0 bridgehead atoms. The van der Waals surface area contributed by atoms with Crippen molar-refractivity contribution in [3.05, 3.63) is 58.1 Å². The van der Waals surface area contributed by atoms with Crippen molar-refractivity contribution in [3.8, 4) is 0 Å². The Morgan fingerprint density at radius 2 is 1.72 bits per heavy atom. The number of carbonyl (C=O) groups excluding carboxylic acids is 3. The summed E-state index contributed by atoms with van der Waals surface area (Å²) in [4.78, 5) is 44.5. The largest absolute Gasteiger partial charge is 0.367 e. The third-order valence-electron chi connectivity index (χ3n) is 6.22. The van der Waals surface area contributed by atoms with Gasteiger partial charge in [0.1, 0.15) is 6.04 Å². The number of hydrogen-bond acceptors (Lipinski definition) is 5. The van der Waals surface area contributed by atoms with Gasteiger partial charge in [0.25, 0.3) is 11.8 Å². The first-order valence-electron chi connectivity index (χ1n) is 10.9. The molecule has 0 saturated carbocycles. The number of likely N-dealkylation sites (N-methyl/N-ethyl adjacent to an activating group) is 1. The van der Waals surface area contributed by atoms with Gasteiger partial charge in [0.05, 0.1) is 22.5 Å². The summed E-state index contributed by atoms with van der Waals surface area (Å²) < 4.78 is 0.